The summed E-state index contributed by atoms with van der Waals surface area (Å²) in [5.41, 5.74) is 0.111. The summed E-state index contributed by atoms with van der Waals surface area (Å²) in [4.78, 5) is 10.0. The average molecular weight is 166 g/mol. The zero-order chi connectivity index (χ0) is 7.49. The van der Waals surface area contributed by atoms with Crippen LogP contribution in [0.3, 0.4) is 0 Å². The Morgan fingerprint density at radius 1 is 1.56 bits per heavy atom. The van der Waals surface area contributed by atoms with E-state index in [1.807, 2.05) is 20.8 Å². The molecule has 0 aliphatic heterocycles. The van der Waals surface area contributed by atoms with Crippen LogP contribution in [0, 0.1) is 5.41 Å². The van der Waals surface area contributed by atoms with Crippen LogP contribution in [0.25, 0.3) is 0 Å². The fraction of sp³-hybridized carbons (Fsp3) is 1.00. The van der Waals surface area contributed by atoms with Gasteiger partial charge in [-0.05, 0) is 5.41 Å². The van der Waals surface area contributed by atoms with Crippen molar-refractivity contribution in [3.8, 4) is 0 Å². The summed E-state index contributed by atoms with van der Waals surface area (Å²) in [5, 5.41) is 0. The Kier molecular flexibility index (Phi) is 3.71. The van der Waals surface area contributed by atoms with Crippen LogP contribution in [0.1, 0.15) is 20.8 Å². The summed E-state index contributed by atoms with van der Waals surface area (Å²) in [6.45, 7) is 6.04. The van der Waals surface area contributed by atoms with Gasteiger partial charge in [0, 0.05) is 5.75 Å². The van der Waals surface area contributed by atoms with Crippen molar-refractivity contribution in [2.75, 3.05) is 5.75 Å². The van der Waals surface area contributed by atoms with Crippen molar-refractivity contribution >= 4 is 18.6 Å². The summed E-state index contributed by atoms with van der Waals surface area (Å²) in [6, 6.07) is 0. The molecule has 0 spiro atoms. The van der Waals surface area contributed by atoms with E-state index < -0.39 is 7.23 Å². The Labute approximate surface area is 60.7 Å². The molecule has 0 N–H and O–H groups in total. The number of hydrogen-bond donors (Lipinski definition) is 0. The molecule has 1 unspecified atom stereocenters. The molecule has 0 aliphatic carbocycles. The van der Waals surface area contributed by atoms with Crippen LogP contribution in [-0.4, -0.2) is 5.75 Å². The largest absolute Gasteiger partial charge is 0.585 e. The lowest BCUT2D eigenvalue weighted by Gasteiger charge is -2.12. The van der Waals surface area contributed by atoms with E-state index >= 15 is 0 Å². The summed E-state index contributed by atoms with van der Waals surface area (Å²) in [6.07, 6.45) is 0. The Balaban J connectivity index is 3.39. The summed E-state index contributed by atoms with van der Waals surface area (Å²) < 4.78 is 10.0. The van der Waals surface area contributed by atoms with Gasteiger partial charge in [0.2, 0.25) is 0 Å². The Bertz CT molecular complexity index is 108. The van der Waals surface area contributed by atoms with Gasteiger partial charge in [-0.1, -0.05) is 25.3 Å². The second-order valence-corrected chi connectivity index (χ2v) is 5.72. The molecule has 0 aliphatic rings. The number of hydrogen-bond acceptors (Lipinski definition) is 3. The Hall–Kier alpha value is 0.410. The normalized spacial score (nSPS) is 13.6. The first-order valence-corrected chi connectivity index (χ1v) is 5.46. The third-order valence-corrected chi connectivity index (χ3v) is 2.83. The predicted octanol–water partition coefficient (Wildman–Crippen LogP) is 1.78. The molecular formula is C5H11O2PS. The van der Waals surface area contributed by atoms with Gasteiger partial charge in [-0.15, -0.1) is 0 Å². The molecule has 0 aromatic heterocycles. The maximum atomic E-state index is 10.0. The van der Waals surface area contributed by atoms with E-state index in [4.69, 9.17) is 0 Å². The summed E-state index contributed by atoms with van der Waals surface area (Å²) in [5.74, 6) is 0.672. The first-order valence-electron chi connectivity index (χ1n) is 2.69. The van der Waals surface area contributed by atoms with Crippen molar-refractivity contribution in [3.05, 3.63) is 0 Å². The maximum Gasteiger partial charge on any atom is 0.384 e. The molecule has 1 atom stereocenters. The molecule has 0 aromatic rings. The van der Waals surface area contributed by atoms with Gasteiger partial charge in [-0.3, -0.25) is 0 Å². The van der Waals surface area contributed by atoms with Crippen LogP contribution >= 0.6 is 18.6 Å². The monoisotopic (exact) mass is 166 g/mol. The lowest BCUT2D eigenvalue weighted by atomic mass is 10.0. The molecule has 0 radical (unpaired) electrons. The minimum absolute atomic E-state index is 0.111. The topological polar surface area (TPSA) is 40.1 Å². The molecule has 2 nitrogen and oxygen atoms in total. The highest BCUT2D eigenvalue weighted by molar-refractivity contribution is 8.49. The van der Waals surface area contributed by atoms with E-state index in [2.05, 4.69) is 0 Å². The fourth-order valence-corrected chi connectivity index (χ4v) is 2.22. The number of rotatable bonds is 2. The molecule has 4 heteroatoms. The summed E-state index contributed by atoms with van der Waals surface area (Å²) in [7, 11) is -2.25. The van der Waals surface area contributed by atoms with Gasteiger partial charge in [0.25, 0.3) is 0 Å². The Morgan fingerprint density at radius 3 is 2.11 bits per heavy atom. The lowest BCUT2D eigenvalue weighted by Crippen LogP contribution is -2.07. The molecule has 0 saturated carbocycles. The second kappa shape index (κ2) is 3.55. The first kappa shape index (κ1) is 9.41. The van der Waals surface area contributed by atoms with Crippen molar-refractivity contribution in [3.63, 3.8) is 0 Å². The molecule has 0 saturated heterocycles. The molecule has 0 heterocycles. The minimum atomic E-state index is -2.25. The highest BCUT2D eigenvalue weighted by atomic mass is 32.7. The van der Waals surface area contributed by atoms with E-state index in [0.717, 1.165) is 11.4 Å². The van der Waals surface area contributed by atoms with Crippen molar-refractivity contribution in [2.24, 2.45) is 5.41 Å². The fourth-order valence-electron chi connectivity index (χ4n) is 0.246. The van der Waals surface area contributed by atoms with E-state index in [-0.39, 0.29) is 5.41 Å². The van der Waals surface area contributed by atoms with E-state index in [1.165, 1.54) is 0 Å². The van der Waals surface area contributed by atoms with E-state index in [1.54, 1.807) is 0 Å². The van der Waals surface area contributed by atoms with Gasteiger partial charge < -0.3 is 4.89 Å². The van der Waals surface area contributed by atoms with Gasteiger partial charge in [0.1, 0.15) is 11.4 Å². The van der Waals surface area contributed by atoms with Crippen LogP contribution < -0.4 is 4.89 Å². The van der Waals surface area contributed by atoms with Crippen LogP contribution in [0.5, 0.6) is 0 Å². The smallest absolute Gasteiger partial charge is 0.384 e. The van der Waals surface area contributed by atoms with Gasteiger partial charge >= 0.3 is 7.23 Å². The van der Waals surface area contributed by atoms with Crippen molar-refractivity contribution in [2.45, 2.75) is 20.8 Å². The molecule has 0 amide bonds. The zero-order valence-corrected chi connectivity index (χ0v) is 7.59. The van der Waals surface area contributed by atoms with Crippen molar-refractivity contribution < 1.29 is 9.46 Å². The quantitative estimate of drug-likeness (QED) is 0.587. The predicted molar refractivity (Wildman–Crippen MR) is 39.5 cm³/mol. The molecule has 0 aromatic carbocycles. The van der Waals surface area contributed by atoms with Gasteiger partial charge in [0.05, 0.1) is 0 Å². The maximum absolute atomic E-state index is 10.0. The summed E-state index contributed by atoms with van der Waals surface area (Å²) >= 11 is 0.992. The molecule has 0 bridgehead atoms. The molecular weight excluding hydrogens is 155 g/mol. The van der Waals surface area contributed by atoms with Gasteiger partial charge in [0.15, 0.2) is 0 Å². The second-order valence-electron chi connectivity index (χ2n) is 3.06. The first-order chi connectivity index (χ1) is 3.92. The van der Waals surface area contributed by atoms with E-state index in [9.17, 15) is 9.46 Å². The van der Waals surface area contributed by atoms with Gasteiger partial charge in [-0.2, -0.15) is 0 Å². The van der Waals surface area contributed by atoms with Crippen molar-refractivity contribution in [1.82, 2.24) is 0 Å². The molecule has 9 heavy (non-hydrogen) atoms. The van der Waals surface area contributed by atoms with E-state index in [0.29, 0.717) is 5.75 Å². The molecule has 54 valence electrons. The molecule has 0 fully saturated rings. The van der Waals surface area contributed by atoms with Crippen LogP contribution in [-0.2, 0) is 4.57 Å². The Morgan fingerprint density at radius 2 is 2.00 bits per heavy atom. The van der Waals surface area contributed by atoms with Gasteiger partial charge in [-0.25, -0.2) is 0 Å². The highest BCUT2D eigenvalue weighted by Crippen LogP contribution is 2.34. The lowest BCUT2D eigenvalue weighted by molar-refractivity contribution is -0.157. The van der Waals surface area contributed by atoms with Crippen LogP contribution in [0.2, 0.25) is 0 Å². The standard InChI is InChI=1S/C5H11O2PS/c1-5(2,3)4-9-8(6)7/h4H2,1-3H3. The zero-order valence-electron chi connectivity index (χ0n) is 5.88. The van der Waals surface area contributed by atoms with Crippen LogP contribution in [0.15, 0.2) is 0 Å². The van der Waals surface area contributed by atoms with Crippen LogP contribution in [0.4, 0.5) is 0 Å². The van der Waals surface area contributed by atoms with Crippen molar-refractivity contribution in [1.29, 1.82) is 0 Å². The SMILES string of the molecule is CC(C)(C)CS[P+](=O)[O-]. The average Bonchev–Trinajstić information content (AvgIpc) is 1.59. The third-order valence-electron chi connectivity index (χ3n) is 0.603. The minimum Gasteiger partial charge on any atom is -0.585 e. The molecule has 0 rings (SSSR count). The third kappa shape index (κ3) is 8.41. The highest BCUT2D eigenvalue weighted by Gasteiger charge is 2.15.